The number of nitrogens with one attached hydrogen (secondary N) is 1. The summed E-state index contributed by atoms with van der Waals surface area (Å²) in [6.45, 7) is 3.39. The predicted octanol–water partition coefficient (Wildman–Crippen LogP) is 4.26. The van der Waals surface area contributed by atoms with E-state index in [-0.39, 0.29) is 18.4 Å². The summed E-state index contributed by atoms with van der Waals surface area (Å²) in [5.41, 5.74) is 2.66. The molecule has 3 aromatic rings. The number of hydrogen-bond acceptors (Lipinski definition) is 3. The van der Waals surface area contributed by atoms with Crippen LogP contribution in [0.4, 0.5) is 5.69 Å². The Morgan fingerprint density at radius 3 is 2.62 bits per heavy atom. The molecular formula is C22H23ClN4O2. The molecule has 1 aliphatic heterocycles. The number of likely N-dealkylation sites (tertiary alicyclic amines) is 1. The van der Waals surface area contributed by atoms with Gasteiger partial charge in [0.25, 0.3) is 5.91 Å². The summed E-state index contributed by atoms with van der Waals surface area (Å²) in [5, 5.41) is 8.78. The van der Waals surface area contributed by atoms with Gasteiger partial charge in [-0.2, -0.15) is 5.10 Å². The molecule has 29 heavy (non-hydrogen) atoms. The molecule has 150 valence electrons. The van der Waals surface area contributed by atoms with Crippen molar-refractivity contribution in [3.63, 3.8) is 0 Å². The first kappa shape index (κ1) is 19.5. The van der Waals surface area contributed by atoms with Crippen molar-refractivity contribution >= 4 is 40.0 Å². The monoisotopic (exact) mass is 410 g/mol. The highest BCUT2D eigenvalue weighted by molar-refractivity contribution is 6.31. The van der Waals surface area contributed by atoms with Crippen LogP contribution in [-0.4, -0.2) is 39.6 Å². The van der Waals surface area contributed by atoms with Crippen molar-refractivity contribution in [3.8, 4) is 0 Å². The number of fused-ring (bicyclic) bond motifs is 1. The van der Waals surface area contributed by atoms with E-state index in [1.54, 1.807) is 16.8 Å². The summed E-state index contributed by atoms with van der Waals surface area (Å²) in [5.74, 6) is -0.286. The summed E-state index contributed by atoms with van der Waals surface area (Å²) in [4.78, 5) is 27.5. The van der Waals surface area contributed by atoms with Crippen LogP contribution in [0.1, 0.15) is 35.3 Å². The van der Waals surface area contributed by atoms with E-state index in [2.05, 4.69) is 10.4 Å². The van der Waals surface area contributed by atoms with Gasteiger partial charge in [0.2, 0.25) is 5.91 Å². The van der Waals surface area contributed by atoms with Crippen LogP contribution in [0, 0.1) is 6.92 Å². The first-order chi connectivity index (χ1) is 14.0. The molecule has 2 heterocycles. The number of halogens is 1. The number of rotatable bonds is 4. The minimum Gasteiger partial charge on any atom is -0.337 e. The third kappa shape index (κ3) is 3.98. The molecule has 0 spiro atoms. The lowest BCUT2D eigenvalue weighted by Crippen LogP contribution is -2.36. The molecule has 0 saturated carbocycles. The van der Waals surface area contributed by atoms with E-state index in [9.17, 15) is 9.59 Å². The molecular weight excluding hydrogens is 388 g/mol. The molecule has 0 bridgehead atoms. The highest BCUT2D eigenvalue weighted by atomic mass is 35.5. The fourth-order valence-corrected chi connectivity index (χ4v) is 3.90. The molecule has 0 unspecified atom stereocenters. The predicted molar refractivity (Wildman–Crippen MR) is 114 cm³/mol. The van der Waals surface area contributed by atoms with Gasteiger partial charge in [0, 0.05) is 29.2 Å². The topological polar surface area (TPSA) is 67.2 Å². The summed E-state index contributed by atoms with van der Waals surface area (Å²) < 4.78 is 1.60. The standard InChI is InChI=1S/C22H23ClN4O2/c1-15-17(23)9-7-10-18(15)24-20(28)14-27-19-11-4-3-8-16(19)21(25-27)22(29)26-12-5-2-6-13-26/h3-4,7-11H,2,5-6,12-14H2,1H3,(H,24,28). The first-order valence-corrected chi connectivity index (χ1v) is 10.2. The van der Waals surface area contributed by atoms with E-state index >= 15 is 0 Å². The molecule has 7 heteroatoms. The summed E-state index contributed by atoms with van der Waals surface area (Å²) >= 11 is 6.14. The van der Waals surface area contributed by atoms with Crippen molar-refractivity contribution in [3.05, 3.63) is 58.7 Å². The third-order valence-corrected chi connectivity index (χ3v) is 5.75. The van der Waals surface area contributed by atoms with Crippen LogP contribution in [0.15, 0.2) is 42.5 Å². The number of anilines is 1. The van der Waals surface area contributed by atoms with Gasteiger partial charge in [-0.25, -0.2) is 0 Å². The summed E-state index contributed by atoms with van der Waals surface area (Å²) in [6.07, 6.45) is 3.19. The van der Waals surface area contributed by atoms with E-state index in [0.717, 1.165) is 48.8 Å². The van der Waals surface area contributed by atoms with Crippen molar-refractivity contribution < 1.29 is 9.59 Å². The van der Waals surface area contributed by atoms with Crippen LogP contribution in [0.2, 0.25) is 5.02 Å². The van der Waals surface area contributed by atoms with Crippen LogP contribution >= 0.6 is 11.6 Å². The number of para-hydroxylation sites is 1. The maximum atomic E-state index is 13.0. The number of hydrogen-bond donors (Lipinski definition) is 1. The number of nitrogens with zero attached hydrogens (tertiary/aromatic N) is 3. The lowest BCUT2D eigenvalue weighted by Gasteiger charge is -2.25. The molecule has 4 rings (SSSR count). The molecule has 6 nitrogen and oxygen atoms in total. The SMILES string of the molecule is Cc1c(Cl)cccc1NC(=O)Cn1nc(C(=O)N2CCCCC2)c2ccccc21. The van der Waals surface area contributed by atoms with Crippen molar-refractivity contribution in [2.45, 2.75) is 32.7 Å². The average Bonchev–Trinajstić information content (AvgIpc) is 3.10. The summed E-state index contributed by atoms with van der Waals surface area (Å²) in [7, 11) is 0. The number of piperidine rings is 1. The Morgan fingerprint density at radius 2 is 1.83 bits per heavy atom. The summed E-state index contributed by atoms with van der Waals surface area (Å²) in [6, 6.07) is 12.9. The second-order valence-electron chi connectivity index (χ2n) is 7.34. The van der Waals surface area contributed by atoms with Gasteiger partial charge in [-0.05, 0) is 49.9 Å². The van der Waals surface area contributed by atoms with Crippen LogP contribution in [0.25, 0.3) is 10.9 Å². The molecule has 0 atom stereocenters. The first-order valence-electron chi connectivity index (χ1n) is 9.84. The normalized spacial score (nSPS) is 14.2. The van der Waals surface area contributed by atoms with Gasteiger partial charge in [0.05, 0.1) is 5.52 Å². The van der Waals surface area contributed by atoms with Gasteiger partial charge < -0.3 is 10.2 Å². The van der Waals surface area contributed by atoms with E-state index in [4.69, 9.17) is 11.6 Å². The average molecular weight is 411 g/mol. The molecule has 1 N–H and O–H groups in total. The lowest BCUT2D eigenvalue weighted by atomic mass is 10.1. The molecule has 1 saturated heterocycles. The fraction of sp³-hybridized carbons (Fsp3) is 0.318. The van der Waals surface area contributed by atoms with Crippen LogP contribution in [0.3, 0.4) is 0 Å². The molecule has 0 radical (unpaired) electrons. The Kier molecular flexibility index (Phi) is 5.53. The molecule has 1 fully saturated rings. The van der Waals surface area contributed by atoms with E-state index in [1.165, 1.54) is 0 Å². The van der Waals surface area contributed by atoms with Gasteiger partial charge >= 0.3 is 0 Å². The molecule has 2 amide bonds. The number of aromatic nitrogens is 2. The quantitative estimate of drug-likeness (QED) is 0.698. The van der Waals surface area contributed by atoms with Gasteiger partial charge in [0.15, 0.2) is 5.69 Å². The second-order valence-corrected chi connectivity index (χ2v) is 7.74. The fourth-order valence-electron chi connectivity index (χ4n) is 3.72. The number of carbonyl (C=O) groups is 2. The largest absolute Gasteiger partial charge is 0.337 e. The Bertz CT molecular complexity index is 1070. The van der Waals surface area contributed by atoms with Gasteiger partial charge in [-0.1, -0.05) is 35.9 Å². The van der Waals surface area contributed by atoms with Crippen molar-refractivity contribution in [2.75, 3.05) is 18.4 Å². The van der Waals surface area contributed by atoms with Crippen molar-refractivity contribution in [2.24, 2.45) is 0 Å². The van der Waals surface area contributed by atoms with E-state index in [1.807, 2.05) is 42.2 Å². The van der Waals surface area contributed by atoms with Gasteiger partial charge in [-0.3, -0.25) is 14.3 Å². The highest BCUT2D eigenvalue weighted by Crippen LogP contribution is 2.24. The molecule has 0 aliphatic carbocycles. The van der Waals surface area contributed by atoms with Crippen LogP contribution in [0.5, 0.6) is 0 Å². The zero-order valence-corrected chi connectivity index (χ0v) is 17.1. The van der Waals surface area contributed by atoms with Crippen molar-refractivity contribution in [1.29, 1.82) is 0 Å². The molecule has 2 aromatic carbocycles. The number of amides is 2. The Hall–Kier alpha value is -2.86. The van der Waals surface area contributed by atoms with Crippen LogP contribution < -0.4 is 5.32 Å². The zero-order valence-electron chi connectivity index (χ0n) is 16.3. The maximum Gasteiger partial charge on any atom is 0.275 e. The van der Waals surface area contributed by atoms with E-state index < -0.39 is 0 Å². The zero-order chi connectivity index (χ0) is 20.4. The van der Waals surface area contributed by atoms with Crippen molar-refractivity contribution in [1.82, 2.24) is 14.7 Å². The minimum atomic E-state index is -0.222. The third-order valence-electron chi connectivity index (χ3n) is 5.34. The molecule has 1 aliphatic rings. The highest BCUT2D eigenvalue weighted by Gasteiger charge is 2.24. The maximum absolute atomic E-state index is 13.0. The second kappa shape index (κ2) is 8.25. The Balaban J connectivity index is 1.60. The Labute approximate surface area is 174 Å². The minimum absolute atomic E-state index is 0.0136. The van der Waals surface area contributed by atoms with Gasteiger partial charge in [0.1, 0.15) is 6.54 Å². The molecule has 1 aromatic heterocycles. The van der Waals surface area contributed by atoms with E-state index in [0.29, 0.717) is 16.4 Å². The number of benzene rings is 2. The lowest BCUT2D eigenvalue weighted by molar-refractivity contribution is -0.116. The van der Waals surface area contributed by atoms with Crippen LogP contribution in [-0.2, 0) is 11.3 Å². The van der Waals surface area contributed by atoms with Gasteiger partial charge in [-0.15, -0.1) is 0 Å². The smallest absolute Gasteiger partial charge is 0.275 e. The number of carbonyl (C=O) groups excluding carboxylic acids is 2. The Morgan fingerprint density at radius 1 is 1.07 bits per heavy atom.